The highest BCUT2D eigenvalue weighted by atomic mass is 16.5. The van der Waals surface area contributed by atoms with Crippen LogP contribution >= 0.6 is 0 Å². The van der Waals surface area contributed by atoms with Gasteiger partial charge in [-0.15, -0.1) is 0 Å². The van der Waals surface area contributed by atoms with Crippen molar-refractivity contribution >= 4 is 17.6 Å². The zero-order chi connectivity index (χ0) is 25.9. The van der Waals surface area contributed by atoms with Crippen molar-refractivity contribution in [3.8, 4) is 11.5 Å². The number of ketones is 2. The number of dihydropyridines is 1. The molecule has 1 aliphatic heterocycles. The second kappa shape index (κ2) is 13.4. The zero-order valence-electron chi connectivity index (χ0n) is 21.1. The Morgan fingerprint density at radius 2 is 1.92 bits per heavy atom. The van der Waals surface area contributed by atoms with Crippen LogP contribution in [0.5, 0.6) is 11.5 Å². The molecule has 0 radical (unpaired) electrons. The number of allylic oxidation sites excluding steroid dienone is 3. The number of hydrogen-bond donors (Lipinski definition) is 3. The molecule has 6 nitrogen and oxygen atoms in total. The minimum absolute atomic E-state index is 0.0247. The summed E-state index contributed by atoms with van der Waals surface area (Å²) in [5.74, 6) is 0.0766. The zero-order valence-corrected chi connectivity index (χ0v) is 21.1. The van der Waals surface area contributed by atoms with Gasteiger partial charge in [0.25, 0.3) is 0 Å². The molecule has 1 aliphatic rings. The molecule has 0 bridgehead atoms. The number of nitrogens with two attached hydrogens (primary N) is 1. The summed E-state index contributed by atoms with van der Waals surface area (Å²) in [6, 6.07) is 13.5. The molecule has 36 heavy (non-hydrogen) atoms. The summed E-state index contributed by atoms with van der Waals surface area (Å²) in [5, 5.41) is 13.6. The van der Waals surface area contributed by atoms with E-state index in [1.165, 1.54) is 18.7 Å². The second-order valence-electron chi connectivity index (χ2n) is 9.12. The molecule has 2 aromatic carbocycles. The summed E-state index contributed by atoms with van der Waals surface area (Å²) in [6.07, 6.45) is 11.3. The van der Waals surface area contributed by atoms with E-state index in [0.717, 1.165) is 48.0 Å². The van der Waals surface area contributed by atoms with Crippen molar-refractivity contribution in [1.82, 2.24) is 5.32 Å². The van der Waals surface area contributed by atoms with Crippen LogP contribution in [0.4, 0.5) is 0 Å². The molecule has 1 heterocycles. The van der Waals surface area contributed by atoms with E-state index in [1.54, 1.807) is 18.2 Å². The summed E-state index contributed by atoms with van der Waals surface area (Å²) < 4.78 is 5.28. The summed E-state index contributed by atoms with van der Waals surface area (Å²) >= 11 is 0. The lowest BCUT2D eigenvalue weighted by atomic mass is 9.93. The number of hydrogen-bond acceptors (Lipinski definition) is 6. The summed E-state index contributed by atoms with van der Waals surface area (Å²) in [7, 11) is 1.48. The van der Waals surface area contributed by atoms with Crippen molar-refractivity contribution in [2.24, 2.45) is 5.73 Å². The molecule has 0 amide bonds. The third kappa shape index (κ3) is 7.95. The summed E-state index contributed by atoms with van der Waals surface area (Å²) in [5.41, 5.74) is 11.1. The molecule has 6 heteroatoms. The monoisotopic (exact) mass is 488 g/mol. The van der Waals surface area contributed by atoms with Crippen LogP contribution in [0.15, 0.2) is 72.0 Å². The Hall–Kier alpha value is -3.64. The van der Waals surface area contributed by atoms with Gasteiger partial charge in [-0.25, -0.2) is 0 Å². The lowest BCUT2D eigenvalue weighted by molar-refractivity contribution is -0.124. The topological polar surface area (TPSA) is 102 Å². The van der Waals surface area contributed by atoms with Crippen LogP contribution in [0.25, 0.3) is 6.08 Å². The Kier molecular flexibility index (Phi) is 10.1. The number of unbranched alkanes of at least 4 members (excludes halogenated alkanes) is 2. The van der Waals surface area contributed by atoms with Crippen molar-refractivity contribution in [3.63, 3.8) is 0 Å². The van der Waals surface area contributed by atoms with Crippen molar-refractivity contribution in [2.75, 3.05) is 7.11 Å². The Balaban J connectivity index is 1.77. The highest BCUT2D eigenvalue weighted by Crippen LogP contribution is 2.32. The summed E-state index contributed by atoms with van der Waals surface area (Å²) in [6.45, 7) is 2.08. The van der Waals surface area contributed by atoms with Gasteiger partial charge in [0.05, 0.1) is 19.7 Å². The van der Waals surface area contributed by atoms with Gasteiger partial charge in [0.1, 0.15) is 5.78 Å². The molecule has 0 saturated carbocycles. The van der Waals surface area contributed by atoms with E-state index < -0.39 is 0 Å². The van der Waals surface area contributed by atoms with E-state index in [9.17, 15) is 14.7 Å². The fourth-order valence-corrected chi connectivity index (χ4v) is 4.18. The van der Waals surface area contributed by atoms with Crippen LogP contribution in [0.2, 0.25) is 0 Å². The van der Waals surface area contributed by atoms with Crippen LogP contribution in [-0.2, 0) is 22.4 Å². The van der Waals surface area contributed by atoms with E-state index in [0.29, 0.717) is 18.6 Å². The molecule has 0 aliphatic carbocycles. The lowest BCUT2D eigenvalue weighted by Crippen LogP contribution is -2.38. The normalized spacial score (nSPS) is 15.2. The van der Waals surface area contributed by atoms with Crippen LogP contribution in [-0.4, -0.2) is 29.9 Å². The maximum Gasteiger partial charge on any atom is 0.163 e. The van der Waals surface area contributed by atoms with E-state index in [2.05, 4.69) is 30.4 Å². The van der Waals surface area contributed by atoms with E-state index >= 15 is 0 Å². The Labute approximate surface area is 213 Å². The van der Waals surface area contributed by atoms with Gasteiger partial charge in [0, 0.05) is 12.6 Å². The van der Waals surface area contributed by atoms with Crippen molar-refractivity contribution in [3.05, 3.63) is 88.7 Å². The van der Waals surface area contributed by atoms with Gasteiger partial charge < -0.3 is 20.9 Å². The number of benzene rings is 2. The Bertz CT molecular complexity index is 1150. The highest BCUT2D eigenvalue weighted by Gasteiger charge is 2.16. The van der Waals surface area contributed by atoms with Gasteiger partial charge in [0.2, 0.25) is 0 Å². The number of rotatable bonds is 13. The average Bonchev–Trinajstić information content (AvgIpc) is 2.86. The smallest absolute Gasteiger partial charge is 0.163 e. The highest BCUT2D eigenvalue weighted by molar-refractivity contribution is 6.06. The predicted octanol–water partition coefficient (Wildman–Crippen LogP) is 5.01. The maximum absolute atomic E-state index is 12.4. The Morgan fingerprint density at radius 3 is 2.64 bits per heavy atom. The molecule has 4 N–H and O–H groups in total. The molecule has 2 aromatic rings. The summed E-state index contributed by atoms with van der Waals surface area (Å²) in [4.78, 5) is 24.5. The second-order valence-corrected chi connectivity index (χ2v) is 9.12. The predicted molar refractivity (Wildman–Crippen MR) is 144 cm³/mol. The largest absolute Gasteiger partial charge is 0.504 e. The fourth-order valence-electron chi connectivity index (χ4n) is 4.18. The fraction of sp³-hybridized carbons (Fsp3) is 0.333. The minimum atomic E-state index is -0.273. The van der Waals surface area contributed by atoms with E-state index in [-0.39, 0.29) is 29.9 Å². The third-order valence-corrected chi connectivity index (χ3v) is 6.18. The molecule has 190 valence electrons. The minimum Gasteiger partial charge on any atom is -0.504 e. The number of phenolic OH excluding ortho intramolecular Hbond substituents is 1. The number of ether oxygens (including phenoxy) is 1. The molecule has 0 fully saturated rings. The van der Waals surface area contributed by atoms with Gasteiger partial charge >= 0.3 is 0 Å². The SMILES string of the molecule is CCCCCC(=O)CC(=O)C=Cc1cc(OC)c(O)cc1CC1=CNC(N)C(Cc2ccccc2)=C1. The van der Waals surface area contributed by atoms with Gasteiger partial charge in [0.15, 0.2) is 17.3 Å². The standard InChI is InChI=1S/C30H36N2O4/c1-3-4-6-11-26(33)19-27(34)13-12-23-18-29(36-2)28(35)17-24(23)15-22-16-25(30(31)32-20-22)14-21-9-7-5-8-10-21/h5,7-10,12-13,16-18,20,30,32,35H,3-4,6,11,14-15,19,31H2,1-2H3. The van der Waals surface area contributed by atoms with E-state index in [1.807, 2.05) is 24.4 Å². The Morgan fingerprint density at radius 1 is 1.14 bits per heavy atom. The lowest BCUT2D eigenvalue weighted by Gasteiger charge is -2.23. The van der Waals surface area contributed by atoms with Crippen LogP contribution in [0, 0.1) is 0 Å². The maximum atomic E-state index is 12.4. The van der Waals surface area contributed by atoms with Crippen LogP contribution < -0.4 is 15.8 Å². The molecule has 0 spiro atoms. The van der Waals surface area contributed by atoms with Gasteiger partial charge in [-0.05, 0) is 65.3 Å². The first-order chi connectivity index (χ1) is 17.4. The molecule has 1 atom stereocenters. The number of carbonyl (C=O) groups is 2. The molecule has 3 rings (SSSR count). The number of Topliss-reactive ketones (excluding diaryl/α,β-unsaturated/α-hetero) is 1. The third-order valence-electron chi connectivity index (χ3n) is 6.18. The first kappa shape index (κ1) is 27.0. The number of phenols is 1. The van der Waals surface area contributed by atoms with Gasteiger partial charge in [-0.3, -0.25) is 9.59 Å². The van der Waals surface area contributed by atoms with Crippen LogP contribution in [0.1, 0.15) is 55.7 Å². The number of nitrogens with one attached hydrogen (secondary N) is 1. The molecule has 1 unspecified atom stereocenters. The number of aromatic hydroxyl groups is 1. The number of methoxy groups -OCH3 is 1. The van der Waals surface area contributed by atoms with Crippen molar-refractivity contribution in [1.29, 1.82) is 0 Å². The molecule has 0 saturated heterocycles. The van der Waals surface area contributed by atoms with Gasteiger partial charge in [-0.2, -0.15) is 0 Å². The van der Waals surface area contributed by atoms with Crippen molar-refractivity contribution < 1.29 is 19.4 Å². The average molecular weight is 489 g/mol. The van der Waals surface area contributed by atoms with Crippen molar-refractivity contribution in [2.45, 2.75) is 58.0 Å². The molecular formula is C30H36N2O4. The first-order valence-corrected chi connectivity index (χ1v) is 12.5. The van der Waals surface area contributed by atoms with Gasteiger partial charge in [-0.1, -0.05) is 62.2 Å². The number of carbonyl (C=O) groups excluding carboxylic acids is 2. The molecular weight excluding hydrogens is 452 g/mol. The quantitative estimate of drug-likeness (QED) is 0.208. The van der Waals surface area contributed by atoms with Crippen LogP contribution in [0.3, 0.4) is 0 Å². The molecule has 0 aromatic heterocycles. The van der Waals surface area contributed by atoms with E-state index in [4.69, 9.17) is 10.5 Å². The first-order valence-electron chi connectivity index (χ1n) is 12.5.